The molecule has 2 bridgehead atoms. The van der Waals surface area contributed by atoms with Gasteiger partial charge in [0.1, 0.15) is 0 Å². The molecular formula is C13H24O4. The van der Waals surface area contributed by atoms with Crippen LogP contribution in [0.2, 0.25) is 0 Å². The first-order valence-electron chi connectivity index (χ1n) is 6.33. The third-order valence-electron chi connectivity index (χ3n) is 4.70. The van der Waals surface area contributed by atoms with E-state index in [2.05, 4.69) is 0 Å². The van der Waals surface area contributed by atoms with Gasteiger partial charge in [-0.3, -0.25) is 0 Å². The van der Waals surface area contributed by atoms with Gasteiger partial charge in [0, 0.05) is 39.8 Å². The largest absolute Gasteiger partial charge is 0.356 e. The summed E-state index contributed by atoms with van der Waals surface area (Å²) in [5.41, 5.74) is 0.0743. The second-order valence-electron chi connectivity index (χ2n) is 5.33. The molecule has 3 atom stereocenters. The molecule has 17 heavy (non-hydrogen) atoms. The van der Waals surface area contributed by atoms with Crippen molar-refractivity contribution in [3.63, 3.8) is 0 Å². The van der Waals surface area contributed by atoms with Gasteiger partial charge < -0.3 is 18.9 Å². The highest BCUT2D eigenvalue weighted by molar-refractivity contribution is 5.04. The molecule has 0 unspecified atom stereocenters. The van der Waals surface area contributed by atoms with E-state index in [0.29, 0.717) is 5.92 Å². The maximum absolute atomic E-state index is 5.54. The van der Waals surface area contributed by atoms with Crippen LogP contribution in [0.4, 0.5) is 0 Å². The number of fused-ring (bicyclic) bond motifs is 2. The highest BCUT2D eigenvalue weighted by Gasteiger charge is 2.59. The van der Waals surface area contributed by atoms with E-state index in [-0.39, 0.29) is 18.0 Å². The smallest absolute Gasteiger partial charge is 0.162 e. The molecule has 0 aliphatic heterocycles. The van der Waals surface area contributed by atoms with E-state index in [1.54, 1.807) is 28.4 Å². The van der Waals surface area contributed by atoms with E-state index in [1.165, 1.54) is 12.8 Å². The van der Waals surface area contributed by atoms with E-state index in [0.717, 1.165) is 18.8 Å². The Labute approximate surface area is 104 Å². The first-order chi connectivity index (χ1) is 8.21. The topological polar surface area (TPSA) is 36.9 Å². The van der Waals surface area contributed by atoms with Crippen LogP contribution in [-0.2, 0) is 18.9 Å². The molecular weight excluding hydrogens is 220 g/mol. The first kappa shape index (κ1) is 13.3. The van der Waals surface area contributed by atoms with E-state index in [4.69, 9.17) is 18.9 Å². The predicted octanol–water partition coefficient (Wildman–Crippen LogP) is 2.03. The highest BCUT2D eigenvalue weighted by Crippen LogP contribution is 2.61. The van der Waals surface area contributed by atoms with Gasteiger partial charge in [0.25, 0.3) is 0 Å². The van der Waals surface area contributed by atoms with Gasteiger partial charge in [0.05, 0.1) is 0 Å². The molecule has 2 rings (SSSR count). The van der Waals surface area contributed by atoms with Gasteiger partial charge in [-0.1, -0.05) is 0 Å². The fourth-order valence-electron chi connectivity index (χ4n) is 4.11. The predicted molar refractivity (Wildman–Crippen MR) is 63.5 cm³/mol. The summed E-state index contributed by atoms with van der Waals surface area (Å²) in [4.78, 5) is 0. The van der Waals surface area contributed by atoms with Crippen molar-refractivity contribution >= 4 is 0 Å². The van der Waals surface area contributed by atoms with Crippen molar-refractivity contribution in [1.29, 1.82) is 0 Å². The highest BCUT2D eigenvalue weighted by atomic mass is 16.7. The molecule has 0 radical (unpaired) electrons. The van der Waals surface area contributed by atoms with Gasteiger partial charge in [0.15, 0.2) is 12.6 Å². The lowest BCUT2D eigenvalue weighted by atomic mass is 9.73. The maximum Gasteiger partial charge on any atom is 0.162 e. The Bertz CT molecular complexity index is 250. The zero-order chi connectivity index (χ0) is 12.5. The van der Waals surface area contributed by atoms with Gasteiger partial charge in [0.2, 0.25) is 0 Å². The Morgan fingerprint density at radius 1 is 1.00 bits per heavy atom. The Kier molecular flexibility index (Phi) is 4.08. The molecule has 0 spiro atoms. The molecule has 2 saturated carbocycles. The van der Waals surface area contributed by atoms with Gasteiger partial charge >= 0.3 is 0 Å². The van der Waals surface area contributed by atoms with Crippen molar-refractivity contribution in [2.24, 2.45) is 17.3 Å². The number of hydrogen-bond acceptors (Lipinski definition) is 4. The Morgan fingerprint density at radius 3 is 2.12 bits per heavy atom. The van der Waals surface area contributed by atoms with Gasteiger partial charge in [-0.05, 0) is 31.6 Å². The molecule has 2 aliphatic carbocycles. The fraction of sp³-hybridized carbons (Fsp3) is 1.00. The van der Waals surface area contributed by atoms with Gasteiger partial charge in [-0.2, -0.15) is 0 Å². The van der Waals surface area contributed by atoms with Crippen LogP contribution in [-0.4, -0.2) is 41.0 Å². The molecule has 4 heteroatoms. The van der Waals surface area contributed by atoms with Crippen LogP contribution < -0.4 is 0 Å². The van der Waals surface area contributed by atoms with Crippen LogP contribution in [0.1, 0.15) is 25.7 Å². The summed E-state index contributed by atoms with van der Waals surface area (Å²) in [6, 6.07) is 0. The van der Waals surface area contributed by atoms with E-state index in [9.17, 15) is 0 Å². The van der Waals surface area contributed by atoms with Crippen molar-refractivity contribution in [3.05, 3.63) is 0 Å². The van der Waals surface area contributed by atoms with Crippen molar-refractivity contribution in [2.75, 3.05) is 28.4 Å². The summed E-state index contributed by atoms with van der Waals surface area (Å²) >= 11 is 0. The summed E-state index contributed by atoms with van der Waals surface area (Å²) in [6.07, 6.45) is 4.47. The third-order valence-corrected chi connectivity index (χ3v) is 4.70. The zero-order valence-electron chi connectivity index (χ0n) is 11.3. The summed E-state index contributed by atoms with van der Waals surface area (Å²) in [6.45, 7) is 0. The van der Waals surface area contributed by atoms with E-state index in [1.807, 2.05) is 0 Å². The standard InChI is InChI=1S/C13H24O4/c1-14-11(15-2)10-7-9-5-6-13(10,8-9)12(16-3)17-4/h9-12H,5-8H2,1-4H3/t9-,10-,13+/m1/s1. The van der Waals surface area contributed by atoms with E-state index >= 15 is 0 Å². The van der Waals surface area contributed by atoms with Crippen LogP contribution in [0, 0.1) is 17.3 Å². The average Bonchev–Trinajstić information content (AvgIpc) is 2.91. The minimum absolute atomic E-state index is 0.0743. The lowest BCUT2D eigenvalue weighted by molar-refractivity contribution is -0.234. The summed E-state index contributed by atoms with van der Waals surface area (Å²) in [5.74, 6) is 1.15. The lowest BCUT2D eigenvalue weighted by Gasteiger charge is -2.42. The molecule has 100 valence electrons. The number of rotatable bonds is 6. The monoisotopic (exact) mass is 244 g/mol. The SMILES string of the molecule is COC(OC)[C@H]1C[C@H]2CC[C@]1(C(OC)OC)C2. The Balaban J connectivity index is 2.21. The van der Waals surface area contributed by atoms with Crippen LogP contribution in [0.3, 0.4) is 0 Å². The third kappa shape index (κ3) is 2.01. The molecule has 0 N–H and O–H groups in total. The van der Waals surface area contributed by atoms with Crippen molar-refractivity contribution in [1.82, 2.24) is 0 Å². The summed E-state index contributed by atoms with van der Waals surface area (Å²) < 4.78 is 22.0. The summed E-state index contributed by atoms with van der Waals surface area (Å²) in [5, 5.41) is 0. The number of methoxy groups -OCH3 is 4. The minimum atomic E-state index is -0.146. The maximum atomic E-state index is 5.54. The lowest BCUT2D eigenvalue weighted by Crippen LogP contribution is -2.46. The van der Waals surface area contributed by atoms with Crippen LogP contribution in [0.5, 0.6) is 0 Å². The van der Waals surface area contributed by atoms with Gasteiger partial charge in [-0.15, -0.1) is 0 Å². The fourth-order valence-corrected chi connectivity index (χ4v) is 4.11. The van der Waals surface area contributed by atoms with Crippen LogP contribution in [0.25, 0.3) is 0 Å². The molecule has 4 nitrogen and oxygen atoms in total. The first-order valence-corrected chi connectivity index (χ1v) is 6.33. The minimum Gasteiger partial charge on any atom is -0.356 e. The van der Waals surface area contributed by atoms with Crippen molar-refractivity contribution < 1.29 is 18.9 Å². The summed E-state index contributed by atoms with van der Waals surface area (Å²) in [7, 11) is 6.87. The quantitative estimate of drug-likeness (QED) is 0.670. The van der Waals surface area contributed by atoms with Gasteiger partial charge in [-0.25, -0.2) is 0 Å². The number of hydrogen-bond donors (Lipinski definition) is 0. The zero-order valence-corrected chi connectivity index (χ0v) is 11.3. The van der Waals surface area contributed by atoms with Crippen LogP contribution >= 0.6 is 0 Å². The molecule has 0 saturated heterocycles. The molecule has 0 heterocycles. The molecule has 0 amide bonds. The van der Waals surface area contributed by atoms with Crippen molar-refractivity contribution in [3.8, 4) is 0 Å². The molecule has 0 aromatic heterocycles. The average molecular weight is 244 g/mol. The van der Waals surface area contributed by atoms with Crippen molar-refractivity contribution in [2.45, 2.75) is 38.3 Å². The van der Waals surface area contributed by atoms with Crippen LogP contribution in [0.15, 0.2) is 0 Å². The normalized spacial score (nSPS) is 36.4. The molecule has 0 aromatic rings. The Hall–Kier alpha value is -0.160. The molecule has 2 fully saturated rings. The Morgan fingerprint density at radius 2 is 1.65 bits per heavy atom. The second-order valence-corrected chi connectivity index (χ2v) is 5.33. The number of ether oxygens (including phenoxy) is 4. The second kappa shape index (κ2) is 5.22. The molecule has 0 aromatic carbocycles. The molecule has 2 aliphatic rings. The van der Waals surface area contributed by atoms with E-state index < -0.39 is 0 Å².